The highest BCUT2D eigenvalue weighted by molar-refractivity contribution is 5.74. The summed E-state index contributed by atoms with van der Waals surface area (Å²) in [6.07, 6.45) is 4.54. The Morgan fingerprint density at radius 1 is 1.38 bits per heavy atom. The summed E-state index contributed by atoms with van der Waals surface area (Å²) in [7, 11) is 1.76. The van der Waals surface area contributed by atoms with E-state index in [4.69, 9.17) is 0 Å². The predicted octanol–water partition coefficient (Wildman–Crippen LogP) is 2.04. The molecule has 3 N–H and O–H groups in total. The molecule has 0 aliphatic heterocycles. The second-order valence-corrected chi connectivity index (χ2v) is 6.18. The molecule has 6 nitrogen and oxygen atoms in total. The maximum Gasteiger partial charge on any atom is 0.315 e. The van der Waals surface area contributed by atoms with Gasteiger partial charge < -0.3 is 15.7 Å². The molecule has 2 aromatic rings. The first-order valence-corrected chi connectivity index (χ1v) is 7.99. The Morgan fingerprint density at radius 2 is 2.08 bits per heavy atom. The minimum atomic E-state index is -0.811. The first-order valence-electron chi connectivity index (χ1n) is 7.99. The number of aliphatic hydroxyl groups excluding tert-OH is 1. The highest BCUT2D eigenvalue weighted by atomic mass is 19.1. The van der Waals surface area contributed by atoms with Crippen LogP contribution in [0.4, 0.5) is 9.18 Å². The molecular weight excluding hydrogens is 311 g/mol. The number of nitrogens with zero attached hydrogens (tertiary/aromatic N) is 2. The summed E-state index contributed by atoms with van der Waals surface area (Å²) >= 11 is 0. The van der Waals surface area contributed by atoms with E-state index >= 15 is 0 Å². The Morgan fingerprint density at radius 3 is 2.67 bits per heavy atom. The van der Waals surface area contributed by atoms with Crippen molar-refractivity contribution in [3.8, 4) is 0 Å². The van der Waals surface area contributed by atoms with Crippen LogP contribution in [0.15, 0.2) is 36.7 Å². The number of nitrogens with one attached hydrogen (secondary N) is 2. The average Bonchev–Trinajstić information content (AvgIpc) is 3.32. The number of hydrogen-bond donors (Lipinski definition) is 3. The van der Waals surface area contributed by atoms with Gasteiger partial charge in [-0.15, -0.1) is 0 Å². The average molecular weight is 332 g/mol. The number of urea groups is 1. The van der Waals surface area contributed by atoms with Gasteiger partial charge in [0.25, 0.3) is 0 Å². The minimum absolute atomic E-state index is 0.0956. The van der Waals surface area contributed by atoms with Gasteiger partial charge in [0.15, 0.2) is 0 Å². The molecule has 2 atom stereocenters. The molecule has 1 aromatic heterocycles. The molecule has 3 rings (SSSR count). The fourth-order valence-electron chi connectivity index (χ4n) is 2.68. The zero-order valence-electron chi connectivity index (χ0n) is 13.4. The van der Waals surface area contributed by atoms with Gasteiger partial charge in [-0.05, 0) is 36.5 Å². The van der Waals surface area contributed by atoms with Crippen molar-refractivity contribution in [2.75, 3.05) is 6.54 Å². The summed E-state index contributed by atoms with van der Waals surface area (Å²) in [4.78, 5) is 12.1. The first-order chi connectivity index (χ1) is 11.5. The van der Waals surface area contributed by atoms with Gasteiger partial charge in [0, 0.05) is 25.4 Å². The van der Waals surface area contributed by atoms with Crippen molar-refractivity contribution in [3.05, 3.63) is 53.6 Å². The lowest BCUT2D eigenvalue weighted by Gasteiger charge is -2.20. The number of amides is 2. The van der Waals surface area contributed by atoms with Crippen molar-refractivity contribution in [1.82, 2.24) is 20.4 Å². The maximum absolute atomic E-state index is 13.1. The van der Waals surface area contributed by atoms with Crippen molar-refractivity contribution >= 4 is 6.03 Å². The van der Waals surface area contributed by atoms with Gasteiger partial charge in [-0.25, -0.2) is 9.18 Å². The van der Waals surface area contributed by atoms with Gasteiger partial charge in [0.05, 0.1) is 18.3 Å². The standard InChI is InChI=1S/C17H21FN4O2/c1-22-10-13(8-20-22)15(23)9-19-17(24)21-16(11-2-3-11)12-4-6-14(18)7-5-12/h4-8,10-11,15-16,23H,2-3,9H2,1H3,(H2,19,21,24)/t15-,16-/m1/s1. The van der Waals surface area contributed by atoms with Crippen LogP contribution in [0.3, 0.4) is 0 Å². The van der Waals surface area contributed by atoms with Crippen LogP contribution in [0.25, 0.3) is 0 Å². The molecule has 0 radical (unpaired) electrons. The van der Waals surface area contributed by atoms with Crippen LogP contribution in [-0.2, 0) is 7.05 Å². The molecule has 1 aliphatic rings. The lowest BCUT2D eigenvalue weighted by molar-refractivity contribution is 0.172. The Hall–Kier alpha value is -2.41. The first kappa shape index (κ1) is 16.4. The molecule has 1 heterocycles. The largest absolute Gasteiger partial charge is 0.386 e. The monoisotopic (exact) mass is 332 g/mol. The number of halogens is 1. The number of aryl methyl sites for hydroxylation is 1. The van der Waals surface area contributed by atoms with Gasteiger partial charge in [-0.2, -0.15) is 5.10 Å². The van der Waals surface area contributed by atoms with Gasteiger partial charge in [0.2, 0.25) is 0 Å². The molecule has 0 bridgehead atoms. The van der Waals surface area contributed by atoms with Crippen molar-refractivity contribution in [3.63, 3.8) is 0 Å². The van der Waals surface area contributed by atoms with E-state index in [1.807, 2.05) is 0 Å². The van der Waals surface area contributed by atoms with Crippen LogP contribution in [-0.4, -0.2) is 27.5 Å². The Bertz CT molecular complexity index is 697. The predicted molar refractivity (Wildman–Crippen MR) is 86.6 cm³/mol. The van der Waals surface area contributed by atoms with Crippen molar-refractivity contribution < 1.29 is 14.3 Å². The van der Waals surface area contributed by atoms with E-state index in [-0.39, 0.29) is 24.4 Å². The summed E-state index contributed by atoms with van der Waals surface area (Å²) in [6, 6.07) is 5.71. The second-order valence-electron chi connectivity index (χ2n) is 6.18. The fourth-order valence-corrected chi connectivity index (χ4v) is 2.68. The van der Waals surface area contributed by atoms with E-state index < -0.39 is 6.10 Å². The van der Waals surface area contributed by atoms with E-state index in [1.165, 1.54) is 12.1 Å². The van der Waals surface area contributed by atoms with Crippen molar-refractivity contribution in [2.45, 2.75) is 25.0 Å². The van der Waals surface area contributed by atoms with Crippen LogP contribution in [0.1, 0.15) is 36.1 Å². The van der Waals surface area contributed by atoms with Crippen LogP contribution in [0.5, 0.6) is 0 Å². The molecule has 1 saturated carbocycles. The lowest BCUT2D eigenvalue weighted by atomic mass is 10.0. The third-order valence-corrected chi connectivity index (χ3v) is 4.17. The fraction of sp³-hybridized carbons (Fsp3) is 0.412. The van der Waals surface area contributed by atoms with Gasteiger partial charge >= 0.3 is 6.03 Å². The highest BCUT2D eigenvalue weighted by Gasteiger charge is 2.33. The van der Waals surface area contributed by atoms with E-state index in [9.17, 15) is 14.3 Å². The van der Waals surface area contributed by atoms with Crippen LogP contribution >= 0.6 is 0 Å². The molecular formula is C17H21FN4O2. The molecule has 0 unspecified atom stereocenters. The number of rotatable bonds is 6. The third kappa shape index (κ3) is 4.11. The summed E-state index contributed by atoms with van der Waals surface area (Å²) in [5, 5.41) is 19.6. The maximum atomic E-state index is 13.1. The third-order valence-electron chi connectivity index (χ3n) is 4.17. The second kappa shape index (κ2) is 7.00. The zero-order chi connectivity index (χ0) is 17.1. The Balaban J connectivity index is 1.55. The lowest BCUT2D eigenvalue weighted by Crippen LogP contribution is -2.40. The molecule has 0 spiro atoms. The smallest absolute Gasteiger partial charge is 0.315 e. The number of aromatic nitrogens is 2. The Kier molecular flexibility index (Phi) is 4.80. The van der Waals surface area contributed by atoms with Gasteiger partial charge in [-0.1, -0.05) is 12.1 Å². The molecule has 128 valence electrons. The summed E-state index contributed by atoms with van der Waals surface area (Å²) in [6.45, 7) is 0.0956. The molecule has 1 aliphatic carbocycles. The van der Waals surface area contributed by atoms with Crippen LogP contribution < -0.4 is 10.6 Å². The van der Waals surface area contributed by atoms with E-state index in [2.05, 4.69) is 15.7 Å². The van der Waals surface area contributed by atoms with E-state index in [0.717, 1.165) is 18.4 Å². The zero-order valence-corrected chi connectivity index (χ0v) is 13.4. The molecule has 7 heteroatoms. The number of aliphatic hydroxyl groups is 1. The summed E-state index contributed by atoms with van der Waals surface area (Å²) < 4.78 is 14.7. The van der Waals surface area contributed by atoms with Crippen LogP contribution in [0, 0.1) is 11.7 Å². The minimum Gasteiger partial charge on any atom is -0.386 e. The number of hydrogen-bond acceptors (Lipinski definition) is 3. The summed E-state index contributed by atoms with van der Waals surface area (Å²) in [5.41, 5.74) is 1.54. The van der Waals surface area contributed by atoms with Gasteiger partial charge in [0.1, 0.15) is 5.82 Å². The van der Waals surface area contributed by atoms with E-state index in [0.29, 0.717) is 11.5 Å². The van der Waals surface area contributed by atoms with Crippen molar-refractivity contribution in [1.29, 1.82) is 0 Å². The number of carbonyl (C=O) groups is 1. The number of carbonyl (C=O) groups excluding carboxylic acids is 1. The number of benzene rings is 1. The van der Waals surface area contributed by atoms with E-state index in [1.54, 1.807) is 36.3 Å². The quantitative estimate of drug-likeness (QED) is 0.757. The van der Waals surface area contributed by atoms with Crippen LogP contribution in [0.2, 0.25) is 0 Å². The molecule has 0 saturated heterocycles. The van der Waals surface area contributed by atoms with Crippen molar-refractivity contribution in [2.24, 2.45) is 13.0 Å². The normalized spacial score (nSPS) is 16.5. The van der Waals surface area contributed by atoms with Gasteiger partial charge in [-0.3, -0.25) is 4.68 Å². The molecule has 1 aromatic carbocycles. The highest BCUT2D eigenvalue weighted by Crippen LogP contribution is 2.40. The SMILES string of the molecule is Cn1cc([C@H](O)CNC(=O)N[C@@H](c2ccc(F)cc2)C2CC2)cn1. The molecule has 1 fully saturated rings. The topological polar surface area (TPSA) is 79.2 Å². The molecule has 24 heavy (non-hydrogen) atoms. The Labute approximate surface area is 139 Å². The molecule has 2 amide bonds. The summed E-state index contributed by atoms with van der Waals surface area (Å²) in [5.74, 6) is 0.0850.